The normalized spacial score (nSPS) is 16.0. The van der Waals surface area contributed by atoms with Crippen molar-refractivity contribution >= 4 is 29.3 Å². The van der Waals surface area contributed by atoms with Gasteiger partial charge in [0.25, 0.3) is 0 Å². The maximum atomic E-state index is 11.1. The van der Waals surface area contributed by atoms with Crippen molar-refractivity contribution in [3.8, 4) is 11.1 Å². The number of nitrogens with one attached hydrogen (secondary N) is 2. The number of anilines is 2. The molecule has 4 rings (SSSR count). The summed E-state index contributed by atoms with van der Waals surface area (Å²) in [6.07, 6.45) is 4.73. The second-order valence-corrected chi connectivity index (χ2v) is 7.11. The SMILES string of the molecule is Cc1cc(Nc2ncc(Cl)c(C)n2)cc(-c2cnn(C[C@H]3CNC(=O)O3)c2)c1. The summed E-state index contributed by atoms with van der Waals surface area (Å²) in [6.45, 7) is 4.86. The third-order valence-corrected chi connectivity index (χ3v) is 4.73. The van der Waals surface area contributed by atoms with Crippen molar-refractivity contribution in [3.05, 3.63) is 53.1 Å². The largest absolute Gasteiger partial charge is 0.442 e. The highest BCUT2D eigenvalue weighted by Crippen LogP contribution is 2.26. The van der Waals surface area contributed by atoms with Crippen LogP contribution in [-0.2, 0) is 11.3 Å². The van der Waals surface area contributed by atoms with Gasteiger partial charge in [-0.15, -0.1) is 0 Å². The molecular weight excluding hydrogens is 380 g/mol. The lowest BCUT2D eigenvalue weighted by Gasteiger charge is -2.09. The van der Waals surface area contributed by atoms with Gasteiger partial charge in [0.05, 0.1) is 36.2 Å². The third-order valence-electron chi connectivity index (χ3n) is 4.36. The average Bonchev–Trinajstić information content (AvgIpc) is 3.27. The lowest BCUT2D eigenvalue weighted by Crippen LogP contribution is -2.20. The molecule has 8 nitrogen and oxygen atoms in total. The Morgan fingerprint density at radius 2 is 2.14 bits per heavy atom. The lowest BCUT2D eigenvalue weighted by atomic mass is 10.1. The molecule has 0 saturated carbocycles. The quantitative estimate of drug-likeness (QED) is 0.683. The number of rotatable bonds is 5. The maximum Gasteiger partial charge on any atom is 0.407 e. The van der Waals surface area contributed by atoms with Gasteiger partial charge in [0.2, 0.25) is 5.95 Å². The second kappa shape index (κ2) is 7.47. The van der Waals surface area contributed by atoms with E-state index in [0.29, 0.717) is 24.1 Å². The number of aryl methyl sites for hydroxylation is 2. The number of alkyl carbamates (subject to hydrolysis) is 1. The van der Waals surface area contributed by atoms with Crippen molar-refractivity contribution in [2.24, 2.45) is 0 Å². The van der Waals surface area contributed by atoms with E-state index in [9.17, 15) is 4.79 Å². The van der Waals surface area contributed by atoms with Gasteiger partial charge in [-0.3, -0.25) is 4.68 Å². The minimum Gasteiger partial charge on any atom is -0.442 e. The minimum atomic E-state index is -0.383. The van der Waals surface area contributed by atoms with Gasteiger partial charge < -0.3 is 15.4 Å². The number of halogens is 1. The van der Waals surface area contributed by atoms with Gasteiger partial charge in [-0.1, -0.05) is 17.7 Å². The van der Waals surface area contributed by atoms with Gasteiger partial charge in [0, 0.05) is 17.4 Å². The molecule has 2 aromatic heterocycles. The number of hydrogen-bond acceptors (Lipinski definition) is 6. The summed E-state index contributed by atoms with van der Waals surface area (Å²) in [7, 11) is 0. The Labute approximate surface area is 166 Å². The molecule has 1 fully saturated rings. The number of cyclic esters (lactones) is 1. The van der Waals surface area contributed by atoms with Gasteiger partial charge in [-0.05, 0) is 37.1 Å². The van der Waals surface area contributed by atoms with Crippen LogP contribution in [0.4, 0.5) is 16.4 Å². The zero-order chi connectivity index (χ0) is 19.7. The summed E-state index contributed by atoms with van der Waals surface area (Å²) < 4.78 is 6.94. The summed E-state index contributed by atoms with van der Waals surface area (Å²) in [6, 6.07) is 6.11. The van der Waals surface area contributed by atoms with E-state index in [1.54, 1.807) is 17.1 Å². The molecule has 3 aromatic rings. The minimum absolute atomic E-state index is 0.208. The third kappa shape index (κ3) is 4.07. The average molecular weight is 399 g/mol. The molecule has 0 spiro atoms. The molecule has 0 radical (unpaired) electrons. The number of hydrogen-bond donors (Lipinski definition) is 2. The number of amides is 1. The number of ether oxygens (including phenoxy) is 1. The standard InChI is InChI=1S/C19H19ClN6O2/c1-11-3-13(5-15(4-11)25-18-21-8-17(20)12(2)24-18)14-6-23-26(9-14)10-16-7-22-19(27)28-16/h3-6,8-9,16H,7,10H2,1-2H3,(H,22,27)(H,21,24,25)/t16-/m1/s1. The Balaban J connectivity index is 1.53. The van der Waals surface area contributed by atoms with E-state index < -0.39 is 0 Å². The smallest absolute Gasteiger partial charge is 0.407 e. The molecular formula is C19H19ClN6O2. The van der Waals surface area contributed by atoms with Crippen LogP contribution in [0.1, 0.15) is 11.3 Å². The van der Waals surface area contributed by atoms with Crippen LogP contribution in [0, 0.1) is 13.8 Å². The molecule has 1 amide bonds. The summed E-state index contributed by atoms with van der Waals surface area (Å²) in [5, 5.41) is 10.8. The summed E-state index contributed by atoms with van der Waals surface area (Å²) in [5.41, 5.74) is 4.67. The van der Waals surface area contributed by atoms with Gasteiger partial charge in [-0.25, -0.2) is 14.8 Å². The summed E-state index contributed by atoms with van der Waals surface area (Å²) in [5.74, 6) is 0.490. The first-order chi connectivity index (χ1) is 13.5. The molecule has 1 aliphatic heterocycles. The van der Waals surface area contributed by atoms with E-state index in [4.69, 9.17) is 16.3 Å². The zero-order valence-corrected chi connectivity index (χ0v) is 16.2. The monoisotopic (exact) mass is 398 g/mol. The first kappa shape index (κ1) is 18.2. The summed E-state index contributed by atoms with van der Waals surface area (Å²) >= 11 is 5.99. The van der Waals surface area contributed by atoms with E-state index in [2.05, 4.69) is 31.8 Å². The van der Waals surface area contributed by atoms with Crippen LogP contribution in [0.5, 0.6) is 0 Å². The Kier molecular flexibility index (Phi) is 4.87. The fourth-order valence-electron chi connectivity index (χ4n) is 3.02. The van der Waals surface area contributed by atoms with Crippen LogP contribution < -0.4 is 10.6 Å². The fourth-order valence-corrected chi connectivity index (χ4v) is 3.11. The predicted molar refractivity (Wildman–Crippen MR) is 106 cm³/mol. The highest BCUT2D eigenvalue weighted by atomic mass is 35.5. The van der Waals surface area contributed by atoms with Crippen LogP contribution in [0.15, 0.2) is 36.8 Å². The van der Waals surface area contributed by atoms with Crippen LogP contribution in [0.25, 0.3) is 11.1 Å². The van der Waals surface area contributed by atoms with Crippen molar-refractivity contribution < 1.29 is 9.53 Å². The number of carbonyl (C=O) groups excluding carboxylic acids is 1. The first-order valence-corrected chi connectivity index (χ1v) is 9.19. The first-order valence-electron chi connectivity index (χ1n) is 8.81. The van der Waals surface area contributed by atoms with Gasteiger partial charge >= 0.3 is 6.09 Å². The van der Waals surface area contributed by atoms with Gasteiger partial charge in [0.1, 0.15) is 6.10 Å². The van der Waals surface area contributed by atoms with E-state index in [1.807, 2.05) is 32.2 Å². The topological polar surface area (TPSA) is 94.0 Å². The summed E-state index contributed by atoms with van der Waals surface area (Å²) in [4.78, 5) is 19.7. The Morgan fingerprint density at radius 1 is 1.29 bits per heavy atom. The molecule has 1 aromatic carbocycles. The number of carbonyl (C=O) groups is 1. The van der Waals surface area contributed by atoms with Gasteiger partial charge in [-0.2, -0.15) is 5.10 Å². The van der Waals surface area contributed by atoms with Crippen LogP contribution in [-0.4, -0.2) is 38.5 Å². The highest BCUT2D eigenvalue weighted by molar-refractivity contribution is 6.31. The van der Waals surface area contributed by atoms with Crippen LogP contribution in [0.2, 0.25) is 5.02 Å². The van der Waals surface area contributed by atoms with Gasteiger partial charge in [0.15, 0.2) is 0 Å². The number of nitrogens with zero attached hydrogens (tertiary/aromatic N) is 4. The van der Waals surface area contributed by atoms with E-state index in [-0.39, 0.29) is 12.2 Å². The van der Waals surface area contributed by atoms with Crippen molar-refractivity contribution in [1.82, 2.24) is 25.1 Å². The van der Waals surface area contributed by atoms with Crippen molar-refractivity contribution in [2.45, 2.75) is 26.5 Å². The molecule has 0 unspecified atom stereocenters. The molecule has 1 atom stereocenters. The predicted octanol–water partition coefficient (Wildman–Crippen LogP) is 3.46. The number of aromatic nitrogens is 4. The molecule has 3 heterocycles. The highest BCUT2D eigenvalue weighted by Gasteiger charge is 2.23. The Morgan fingerprint density at radius 3 is 2.89 bits per heavy atom. The lowest BCUT2D eigenvalue weighted by molar-refractivity contribution is 0.129. The molecule has 0 bridgehead atoms. The molecule has 2 N–H and O–H groups in total. The molecule has 1 saturated heterocycles. The van der Waals surface area contributed by atoms with E-state index >= 15 is 0 Å². The number of benzene rings is 1. The molecule has 28 heavy (non-hydrogen) atoms. The van der Waals surface area contributed by atoms with Crippen LogP contribution >= 0.6 is 11.6 Å². The second-order valence-electron chi connectivity index (χ2n) is 6.70. The molecule has 0 aliphatic carbocycles. The Hall–Kier alpha value is -3.13. The molecule has 1 aliphatic rings. The molecule has 9 heteroatoms. The van der Waals surface area contributed by atoms with Crippen LogP contribution in [0.3, 0.4) is 0 Å². The van der Waals surface area contributed by atoms with Crippen molar-refractivity contribution in [2.75, 3.05) is 11.9 Å². The Bertz CT molecular complexity index is 1040. The van der Waals surface area contributed by atoms with Crippen molar-refractivity contribution in [1.29, 1.82) is 0 Å². The maximum absolute atomic E-state index is 11.1. The molecule has 144 valence electrons. The van der Waals surface area contributed by atoms with Crippen molar-refractivity contribution in [3.63, 3.8) is 0 Å². The fraction of sp³-hybridized carbons (Fsp3) is 0.263. The van der Waals surface area contributed by atoms with E-state index in [0.717, 1.165) is 28.1 Å². The zero-order valence-electron chi connectivity index (χ0n) is 15.4. The van der Waals surface area contributed by atoms with E-state index in [1.165, 1.54) is 0 Å².